The molecule has 1 aliphatic heterocycles. The highest BCUT2D eigenvalue weighted by molar-refractivity contribution is 7.90. The van der Waals surface area contributed by atoms with Crippen LogP contribution in [0.2, 0.25) is 0 Å². The number of rotatable bonds is 4. The van der Waals surface area contributed by atoms with Gasteiger partial charge in [-0.05, 0) is 32.0 Å². The van der Waals surface area contributed by atoms with Crippen LogP contribution in [0.1, 0.15) is 13.8 Å². The molecule has 1 saturated heterocycles. The Kier molecular flexibility index (Phi) is 4.95. The predicted octanol–water partition coefficient (Wildman–Crippen LogP) is 0.925. The highest BCUT2D eigenvalue weighted by Gasteiger charge is 2.26. The van der Waals surface area contributed by atoms with Gasteiger partial charge in [-0.2, -0.15) is 0 Å². The summed E-state index contributed by atoms with van der Waals surface area (Å²) in [6.07, 6.45) is 2.37. The minimum atomic E-state index is -3.29. The largest absolute Gasteiger partial charge is 0.392 e. The summed E-state index contributed by atoms with van der Waals surface area (Å²) in [6.45, 7) is 6.98. The van der Waals surface area contributed by atoms with Crippen molar-refractivity contribution in [2.75, 3.05) is 37.3 Å². The van der Waals surface area contributed by atoms with E-state index in [0.717, 1.165) is 36.4 Å². The van der Waals surface area contributed by atoms with Gasteiger partial charge in [-0.1, -0.05) is 0 Å². The van der Waals surface area contributed by atoms with Crippen LogP contribution in [0, 0.1) is 0 Å². The molecule has 0 amide bonds. The van der Waals surface area contributed by atoms with Crippen molar-refractivity contribution in [1.29, 1.82) is 0 Å². The van der Waals surface area contributed by atoms with E-state index < -0.39 is 9.84 Å². The third-order valence-corrected chi connectivity index (χ3v) is 5.63. The number of fused-ring (bicyclic) bond motifs is 1. The van der Waals surface area contributed by atoms with Crippen LogP contribution < -0.4 is 4.90 Å². The molecule has 1 aliphatic rings. The second-order valence-corrected chi connectivity index (χ2v) is 8.82. The van der Waals surface area contributed by atoms with E-state index in [1.54, 1.807) is 25.1 Å². The fourth-order valence-corrected chi connectivity index (χ4v) is 4.02. The molecule has 3 rings (SSSR count). The SMILES string of the molecule is CC(O)CN1CCN(c2ncnc3ccc(S(C)(=O)=O)cc23)C(C)C1. The molecule has 2 atom stereocenters. The summed E-state index contributed by atoms with van der Waals surface area (Å²) >= 11 is 0. The molecule has 25 heavy (non-hydrogen) atoms. The average molecular weight is 364 g/mol. The topological polar surface area (TPSA) is 86.6 Å². The van der Waals surface area contributed by atoms with Gasteiger partial charge in [-0.15, -0.1) is 0 Å². The van der Waals surface area contributed by atoms with Crippen molar-refractivity contribution < 1.29 is 13.5 Å². The van der Waals surface area contributed by atoms with Gasteiger partial charge in [0.05, 0.1) is 16.5 Å². The van der Waals surface area contributed by atoms with Crippen molar-refractivity contribution in [3.05, 3.63) is 24.5 Å². The van der Waals surface area contributed by atoms with E-state index in [2.05, 4.69) is 26.7 Å². The maximum Gasteiger partial charge on any atom is 0.175 e. The van der Waals surface area contributed by atoms with Crippen LogP contribution in [0.5, 0.6) is 0 Å². The number of hydrogen-bond donors (Lipinski definition) is 1. The summed E-state index contributed by atoms with van der Waals surface area (Å²) in [5, 5.41) is 10.3. The Morgan fingerprint density at radius 1 is 1.32 bits per heavy atom. The van der Waals surface area contributed by atoms with Crippen molar-refractivity contribution >= 4 is 26.6 Å². The maximum atomic E-state index is 11.9. The van der Waals surface area contributed by atoms with Crippen LogP contribution in [0.4, 0.5) is 5.82 Å². The lowest BCUT2D eigenvalue weighted by atomic mass is 10.1. The highest BCUT2D eigenvalue weighted by atomic mass is 32.2. The van der Waals surface area contributed by atoms with Crippen molar-refractivity contribution in [2.45, 2.75) is 30.9 Å². The summed E-state index contributed by atoms with van der Waals surface area (Å²) in [4.78, 5) is 13.4. The third kappa shape index (κ3) is 3.91. The van der Waals surface area contributed by atoms with Crippen molar-refractivity contribution in [3.63, 3.8) is 0 Å². The Hall–Kier alpha value is -1.77. The molecule has 0 aliphatic carbocycles. The normalized spacial score (nSPS) is 20.8. The number of nitrogens with zero attached hydrogens (tertiary/aromatic N) is 4. The van der Waals surface area contributed by atoms with Crippen molar-refractivity contribution in [2.24, 2.45) is 0 Å². The Labute approximate surface area is 148 Å². The number of β-amino-alcohol motifs (C(OH)–C–C–N with tert-alkyl or cyclic N) is 1. The van der Waals surface area contributed by atoms with E-state index in [-0.39, 0.29) is 17.0 Å². The van der Waals surface area contributed by atoms with Gasteiger partial charge in [-0.3, -0.25) is 4.90 Å². The summed E-state index contributed by atoms with van der Waals surface area (Å²) in [6, 6.07) is 5.17. The van der Waals surface area contributed by atoms with Gasteiger partial charge < -0.3 is 10.0 Å². The molecular weight excluding hydrogens is 340 g/mol. The van der Waals surface area contributed by atoms with E-state index >= 15 is 0 Å². The lowest BCUT2D eigenvalue weighted by molar-refractivity contribution is 0.114. The highest BCUT2D eigenvalue weighted by Crippen LogP contribution is 2.28. The summed E-state index contributed by atoms with van der Waals surface area (Å²) < 4.78 is 23.8. The number of aliphatic hydroxyl groups is 1. The zero-order valence-corrected chi connectivity index (χ0v) is 15.6. The number of hydrogen-bond acceptors (Lipinski definition) is 7. The molecule has 1 aromatic heterocycles. The van der Waals surface area contributed by atoms with Gasteiger partial charge in [0.15, 0.2) is 9.84 Å². The van der Waals surface area contributed by atoms with Crippen LogP contribution in [0.15, 0.2) is 29.4 Å². The minimum absolute atomic E-state index is 0.201. The zero-order valence-electron chi connectivity index (χ0n) is 14.8. The fourth-order valence-electron chi connectivity index (χ4n) is 3.37. The van der Waals surface area contributed by atoms with Crippen LogP contribution in [0.3, 0.4) is 0 Å². The average Bonchev–Trinajstić information content (AvgIpc) is 2.53. The molecule has 0 saturated carbocycles. The maximum absolute atomic E-state index is 11.9. The van der Waals surface area contributed by atoms with Crippen LogP contribution in [-0.2, 0) is 9.84 Å². The third-order valence-electron chi connectivity index (χ3n) is 4.52. The first-order chi connectivity index (χ1) is 11.8. The van der Waals surface area contributed by atoms with E-state index in [1.165, 1.54) is 12.6 Å². The molecule has 2 aromatic rings. The molecule has 8 heteroatoms. The standard InChI is InChI=1S/C17H24N4O3S/c1-12-9-20(10-13(2)22)6-7-21(12)17-15-8-14(25(3,23)24)4-5-16(15)18-11-19-17/h4-5,8,11-13,22H,6-7,9-10H2,1-3H3. The monoisotopic (exact) mass is 364 g/mol. The molecule has 0 bridgehead atoms. The van der Waals surface area contributed by atoms with Crippen LogP contribution in [0.25, 0.3) is 10.9 Å². The molecule has 136 valence electrons. The molecule has 2 heterocycles. The molecule has 0 radical (unpaired) electrons. The molecule has 1 fully saturated rings. The smallest absolute Gasteiger partial charge is 0.175 e. The Morgan fingerprint density at radius 3 is 2.72 bits per heavy atom. The van der Waals surface area contributed by atoms with Crippen LogP contribution >= 0.6 is 0 Å². The number of anilines is 1. The summed E-state index contributed by atoms with van der Waals surface area (Å²) in [7, 11) is -3.29. The summed E-state index contributed by atoms with van der Waals surface area (Å²) in [5.74, 6) is 0.764. The number of aromatic nitrogens is 2. The Morgan fingerprint density at radius 2 is 2.08 bits per heavy atom. The second-order valence-electron chi connectivity index (χ2n) is 6.80. The number of aliphatic hydroxyl groups excluding tert-OH is 1. The van der Waals surface area contributed by atoms with Crippen molar-refractivity contribution in [3.8, 4) is 0 Å². The first kappa shape index (κ1) is 18.0. The first-order valence-corrected chi connectivity index (χ1v) is 10.3. The Balaban J connectivity index is 1.96. The number of benzene rings is 1. The van der Waals surface area contributed by atoms with Gasteiger partial charge in [0, 0.05) is 43.9 Å². The molecule has 1 aromatic carbocycles. The predicted molar refractivity (Wildman–Crippen MR) is 97.6 cm³/mol. The van der Waals surface area contributed by atoms with E-state index in [1.807, 2.05) is 0 Å². The van der Waals surface area contributed by atoms with Crippen molar-refractivity contribution in [1.82, 2.24) is 14.9 Å². The molecule has 0 spiro atoms. The number of sulfone groups is 1. The van der Waals surface area contributed by atoms with Gasteiger partial charge in [0.1, 0.15) is 12.1 Å². The van der Waals surface area contributed by atoms with Gasteiger partial charge in [0.25, 0.3) is 0 Å². The zero-order chi connectivity index (χ0) is 18.2. The fraction of sp³-hybridized carbons (Fsp3) is 0.529. The summed E-state index contributed by atoms with van der Waals surface area (Å²) in [5.41, 5.74) is 0.732. The van der Waals surface area contributed by atoms with Gasteiger partial charge in [-0.25, -0.2) is 18.4 Å². The molecule has 7 nitrogen and oxygen atoms in total. The van der Waals surface area contributed by atoms with Gasteiger partial charge >= 0.3 is 0 Å². The van der Waals surface area contributed by atoms with Crippen LogP contribution in [-0.4, -0.2) is 73.0 Å². The molecule has 1 N–H and O–H groups in total. The first-order valence-electron chi connectivity index (χ1n) is 8.37. The lowest BCUT2D eigenvalue weighted by Gasteiger charge is -2.41. The number of piperazine rings is 1. The van der Waals surface area contributed by atoms with Gasteiger partial charge in [0.2, 0.25) is 0 Å². The second kappa shape index (κ2) is 6.86. The lowest BCUT2D eigenvalue weighted by Crippen LogP contribution is -2.53. The molecular formula is C17H24N4O3S. The molecule has 2 unspecified atom stereocenters. The van der Waals surface area contributed by atoms with E-state index in [4.69, 9.17) is 0 Å². The Bertz CT molecular complexity index is 869. The van der Waals surface area contributed by atoms with E-state index in [0.29, 0.717) is 6.54 Å². The quantitative estimate of drug-likeness (QED) is 0.863. The van der Waals surface area contributed by atoms with E-state index in [9.17, 15) is 13.5 Å². The minimum Gasteiger partial charge on any atom is -0.392 e.